The van der Waals surface area contributed by atoms with Gasteiger partial charge in [-0.15, -0.1) is 0 Å². The highest BCUT2D eigenvalue weighted by atomic mass is 16.1. The highest BCUT2D eigenvalue weighted by molar-refractivity contribution is 5.86. The zero-order valence-electron chi connectivity index (χ0n) is 13.3. The van der Waals surface area contributed by atoms with Crippen molar-refractivity contribution in [1.29, 1.82) is 0 Å². The molecule has 2 rings (SSSR count). The largest absolute Gasteiger partial charge is 0.368 e. The predicted octanol–water partition coefficient (Wildman–Crippen LogP) is 1.88. The molecule has 3 N–H and O–H groups in total. The molecule has 0 aromatic rings. The lowest BCUT2D eigenvalue weighted by molar-refractivity contribution is -0.127. The molecule has 1 aliphatic carbocycles. The van der Waals surface area contributed by atoms with Gasteiger partial charge in [0.25, 0.3) is 0 Å². The smallest absolute Gasteiger partial charge is 0.239 e. The summed E-state index contributed by atoms with van der Waals surface area (Å²) in [6.45, 7) is 8.37. The van der Waals surface area contributed by atoms with Crippen LogP contribution in [0.3, 0.4) is 0 Å². The molecule has 4 nitrogen and oxygen atoms in total. The fourth-order valence-electron chi connectivity index (χ4n) is 3.78. The molecule has 116 valence electrons. The number of piperidine rings is 1. The molecule has 1 saturated carbocycles. The Labute approximate surface area is 123 Å². The SMILES string of the molecule is CCC1CCCCN1CC(NC(C)C)(C(N)=O)C1CC1. The minimum atomic E-state index is -0.515. The molecule has 1 amide bonds. The van der Waals surface area contributed by atoms with Crippen molar-refractivity contribution < 1.29 is 4.79 Å². The molecule has 1 aliphatic heterocycles. The molecule has 0 aromatic heterocycles. The lowest BCUT2D eigenvalue weighted by atomic mass is 9.88. The third-order valence-corrected chi connectivity index (χ3v) is 4.93. The monoisotopic (exact) mass is 281 g/mol. The molecule has 1 saturated heterocycles. The Kier molecular flexibility index (Phi) is 5.08. The molecular formula is C16H31N3O. The first-order valence-electron chi connectivity index (χ1n) is 8.31. The number of likely N-dealkylation sites (tertiary alicyclic amines) is 1. The zero-order chi connectivity index (χ0) is 14.8. The summed E-state index contributed by atoms with van der Waals surface area (Å²) in [5.74, 6) is 0.274. The van der Waals surface area contributed by atoms with Crippen molar-refractivity contribution in [2.75, 3.05) is 13.1 Å². The Bertz CT molecular complexity index is 341. The Morgan fingerprint density at radius 1 is 1.35 bits per heavy atom. The second-order valence-electron chi connectivity index (χ2n) is 6.94. The maximum Gasteiger partial charge on any atom is 0.239 e. The van der Waals surface area contributed by atoms with E-state index >= 15 is 0 Å². The lowest BCUT2D eigenvalue weighted by Crippen LogP contribution is -2.66. The average molecular weight is 281 g/mol. The first-order chi connectivity index (χ1) is 9.49. The van der Waals surface area contributed by atoms with E-state index in [2.05, 4.69) is 31.0 Å². The minimum absolute atomic E-state index is 0.158. The van der Waals surface area contributed by atoms with Crippen molar-refractivity contribution in [1.82, 2.24) is 10.2 Å². The number of carbonyl (C=O) groups excluding carboxylic acids is 1. The molecule has 2 atom stereocenters. The van der Waals surface area contributed by atoms with Gasteiger partial charge in [-0.05, 0) is 58.4 Å². The van der Waals surface area contributed by atoms with E-state index in [4.69, 9.17) is 5.73 Å². The summed E-state index contributed by atoms with van der Waals surface area (Å²) in [6, 6.07) is 0.906. The van der Waals surface area contributed by atoms with Crippen molar-refractivity contribution in [3.8, 4) is 0 Å². The fourth-order valence-corrected chi connectivity index (χ4v) is 3.78. The molecule has 20 heavy (non-hydrogen) atoms. The van der Waals surface area contributed by atoms with E-state index < -0.39 is 5.54 Å². The number of hydrogen-bond donors (Lipinski definition) is 2. The van der Waals surface area contributed by atoms with Crippen LogP contribution in [0.1, 0.15) is 59.3 Å². The summed E-state index contributed by atoms with van der Waals surface area (Å²) >= 11 is 0. The molecule has 1 heterocycles. The second kappa shape index (κ2) is 6.44. The van der Waals surface area contributed by atoms with E-state index in [0.717, 1.165) is 25.9 Å². The van der Waals surface area contributed by atoms with E-state index in [0.29, 0.717) is 12.0 Å². The molecule has 0 aromatic carbocycles. The van der Waals surface area contributed by atoms with Crippen LogP contribution in [0.4, 0.5) is 0 Å². The van der Waals surface area contributed by atoms with Gasteiger partial charge in [-0.1, -0.05) is 13.3 Å². The second-order valence-corrected chi connectivity index (χ2v) is 6.94. The quantitative estimate of drug-likeness (QED) is 0.749. The highest BCUT2D eigenvalue weighted by Gasteiger charge is 2.51. The summed E-state index contributed by atoms with van der Waals surface area (Å²) in [4.78, 5) is 14.8. The van der Waals surface area contributed by atoms with Crippen LogP contribution in [0.25, 0.3) is 0 Å². The summed E-state index contributed by atoms with van der Waals surface area (Å²) in [6.07, 6.45) is 7.26. The van der Waals surface area contributed by atoms with Crippen molar-refractivity contribution in [3.05, 3.63) is 0 Å². The highest BCUT2D eigenvalue weighted by Crippen LogP contribution is 2.41. The zero-order valence-corrected chi connectivity index (χ0v) is 13.3. The molecular weight excluding hydrogens is 250 g/mol. The molecule has 0 radical (unpaired) electrons. The maximum atomic E-state index is 12.2. The van der Waals surface area contributed by atoms with Gasteiger partial charge >= 0.3 is 0 Å². The first kappa shape index (κ1) is 15.8. The molecule has 0 bridgehead atoms. The van der Waals surface area contributed by atoms with Crippen molar-refractivity contribution in [2.45, 2.75) is 76.9 Å². The van der Waals surface area contributed by atoms with E-state index in [1.807, 2.05) is 0 Å². The minimum Gasteiger partial charge on any atom is -0.368 e. The lowest BCUT2D eigenvalue weighted by Gasteiger charge is -2.43. The van der Waals surface area contributed by atoms with Gasteiger partial charge in [0.15, 0.2) is 0 Å². The fraction of sp³-hybridized carbons (Fsp3) is 0.938. The number of nitrogens with one attached hydrogen (secondary N) is 1. The van der Waals surface area contributed by atoms with Crippen molar-refractivity contribution >= 4 is 5.91 Å². The number of hydrogen-bond acceptors (Lipinski definition) is 3. The molecule has 4 heteroatoms. The maximum absolute atomic E-state index is 12.2. The van der Waals surface area contributed by atoms with E-state index in [1.54, 1.807) is 0 Å². The van der Waals surface area contributed by atoms with E-state index in [-0.39, 0.29) is 11.9 Å². The standard InChI is InChI=1S/C16H31N3O/c1-4-14-7-5-6-10-19(14)11-16(15(17)20,13-8-9-13)18-12(2)3/h12-14,18H,4-11H2,1-3H3,(H2,17,20). The van der Waals surface area contributed by atoms with Gasteiger partial charge in [-0.3, -0.25) is 15.0 Å². The average Bonchev–Trinajstić information content (AvgIpc) is 3.22. The van der Waals surface area contributed by atoms with Gasteiger partial charge in [-0.2, -0.15) is 0 Å². The van der Waals surface area contributed by atoms with Crippen molar-refractivity contribution in [3.63, 3.8) is 0 Å². The van der Waals surface area contributed by atoms with Gasteiger partial charge in [0.05, 0.1) is 0 Å². The first-order valence-corrected chi connectivity index (χ1v) is 8.31. The Morgan fingerprint density at radius 2 is 2.05 bits per heavy atom. The van der Waals surface area contributed by atoms with Crippen LogP contribution in [0.2, 0.25) is 0 Å². The van der Waals surface area contributed by atoms with Crippen LogP contribution in [-0.4, -0.2) is 41.5 Å². The number of nitrogens with two attached hydrogens (primary N) is 1. The van der Waals surface area contributed by atoms with E-state index in [1.165, 1.54) is 25.7 Å². The van der Waals surface area contributed by atoms with Gasteiger partial charge in [0.1, 0.15) is 5.54 Å². The summed E-state index contributed by atoms with van der Waals surface area (Å²) in [5, 5.41) is 3.53. The van der Waals surface area contributed by atoms with Crippen LogP contribution < -0.4 is 11.1 Å². The van der Waals surface area contributed by atoms with Gasteiger partial charge < -0.3 is 5.73 Å². The number of carbonyl (C=O) groups is 1. The third kappa shape index (κ3) is 3.34. The Balaban J connectivity index is 2.15. The number of rotatable bonds is 7. The van der Waals surface area contributed by atoms with Gasteiger partial charge in [0, 0.05) is 18.6 Å². The van der Waals surface area contributed by atoms with Crippen LogP contribution >= 0.6 is 0 Å². The summed E-state index contributed by atoms with van der Waals surface area (Å²) in [5.41, 5.74) is 5.32. The molecule has 2 fully saturated rings. The molecule has 2 aliphatic rings. The number of amides is 1. The van der Waals surface area contributed by atoms with Crippen LogP contribution in [0.5, 0.6) is 0 Å². The van der Waals surface area contributed by atoms with Gasteiger partial charge in [0.2, 0.25) is 5.91 Å². The van der Waals surface area contributed by atoms with E-state index in [9.17, 15) is 4.79 Å². The van der Waals surface area contributed by atoms with Gasteiger partial charge in [-0.25, -0.2) is 0 Å². The third-order valence-electron chi connectivity index (χ3n) is 4.93. The predicted molar refractivity (Wildman–Crippen MR) is 82.4 cm³/mol. The Hall–Kier alpha value is -0.610. The Morgan fingerprint density at radius 3 is 2.55 bits per heavy atom. The summed E-state index contributed by atoms with van der Waals surface area (Å²) < 4.78 is 0. The molecule has 0 spiro atoms. The normalized spacial score (nSPS) is 27.5. The van der Waals surface area contributed by atoms with Crippen LogP contribution in [-0.2, 0) is 4.79 Å². The number of primary amides is 1. The number of nitrogens with zero attached hydrogens (tertiary/aromatic N) is 1. The van der Waals surface area contributed by atoms with Crippen molar-refractivity contribution in [2.24, 2.45) is 11.7 Å². The molecule has 2 unspecified atom stereocenters. The van der Waals surface area contributed by atoms with Crippen LogP contribution in [0.15, 0.2) is 0 Å². The topological polar surface area (TPSA) is 58.4 Å². The van der Waals surface area contributed by atoms with Crippen LogP contribution in [0, 0.1) is 5.92 Å². The summed E-state index contributed by atoms with van der Waals surface area (Å²) in [7, 11) is 0.